The zero-order valence-corrected chi connectivity index (χ0v) is 23.0. The Hall–Kier alpha value is -3.68. The SMILES string of the molecule is c1ccc2c(c1)-c1ccccc1C2(OCCc1ccc(OCC2CO2)cc1)OCCc1ccc(OCC2CO2)cc1. The first-order chi connectivity index (χ1) is 20.3. The van der Waals surface area contributed by atoms with Crippen LogP contribution in [0.5, 0.6) is 11.5 Å². The topological polar surface area (TPSA) is 62.0 Å². The second kappa shape index (κ2) is 11.7. The maximum absolute atomic E-state index is 6.78. The summed E-state index contributed by atoms with van der Waals surface area (Å²) < 4.78 is 35.6. The van der Waals surface area contributed by atoms with Crippen LogP contribution in [-0.2, 0) is 37.6 Å². The minimum atomic E-state index is -0.964. The van der Waals surface area contributed by atoms with Gasteiger partial charge in [0, 0.05) is 11.1 Å². The molecule has 4 aromatic carbocycles. The minimum Gasteiger partial charge on any atom is -0.491 e. The fourth-order valence-electron chi connectivity index (χ4n) is 5.34. The van der Waals surface area contributed by atoms with Crippen LogP contribution in [0.25, 0.3) is 11.1 Å². The largest absolute Gasteiger partial charge is 0.491 e. The number of rotatable bonds is 14. The Bertz CT molecular complexity index is 1340. The summed E-state index contributed by atoms with van der Waals surface area (Å²) in [5.41, 5.74) is 6.79. The quantitative estimate of drug-likeness (QED) is 0.143. The maximum Gasteiger partial charge on any atom is 0.223 e. The van der Waals surface area contributed by atoms with Gasteiger partial charge in [-0.25, -0.2) is 0 Å². The van der Waals surface area contributed by atoms with Gasteiger partial charge in [0.05, 0.1) is 26.4 Å². The Morgan fingerprint density at radius 2 is 0.976 bits per heavy atom. The van der Waals surface area contributed by atoms with E-state index in [4.69, 9.17) is 28.4 Å². The molecular weight excluding hydrogens is 516 g/mol. The molecule has 0 bridgehead atoms. The lowest BCUT2D eigenvalue weighted by Crippen LogP contribution is -2.34. The van der Waals surface area contributed by atoms with Gasteiger partial charge in [0.1, 0.15) is 36.9 Å². The number of hydrogen-bond donors (Lipinski definition) is 0. The summed E-state index contributed by atoms with van der Waals surface area (Å²) in [6.07, 6.45) is 2.01. The van der Waals surface area contributed by atoms with E-state index in [2.05, 4.69) is 72.8 Å². The van der Waals surface area contributed by atoms with Crippen molar-refractivity contribution in [1.29, 1.82) is 0 Å². The molecule has 2 aliphatic heterocycles. The van der Waals surface area contributed by atoms with Crippen LogP contribution < -0.4 is 9.47 Å². The highest BCUT2D eigenvalue weighted by molar-refractivity contribution is 5.79. The molecule has 0 aromatic heterocycles. The first kappa shape index (κ1) is 26.2. The molecule has 4 aromatic rings. The van der Waals surface area contributed by atoms with Crippen LogP contribution in [0.4, 0.5) is 0 Å². The monoisotopic (exact) mass is 550 g/mol. The van der Waals surface area contributed by atoms with Crippen molar-refractivity contribution in [3.63, 3.8) is 0 Å². The van der Waals surface area contributed by atoms with Crippen LogP contribution in [0.3, 0.4) is 0 Å². The van der Waals surface area contributed by atoms with Gasteiger partial charge in [-0.15, -0.1) is 0 Å². The first-order valence-electron chi connectivity index (χ1n) is 14.4. The normalized spacial score (nSPS) is 19.3. The van der Waals surface area contributed by atoms with Crippen molar-refractivity contribution in [2.75, 3.05) is 39.6 Å². The average Bonchev–Trinajstić information content (AvgIpc) is 3.96. The van der Waals surface area contributed by atoms with Crippen LogP contribution in [0.1, 0.15) is 22.3 Å². The van der Waals surface area contributed by atoms with E-state index in [1.54, 1.807) is 0 Å². The van der Waals surface area contributed by atoms with E-state index in [1.807, 2.05) is 24.3 Å². The molecule has 0 radical (unpaired) electrons. The lowest BCUT2D eigenvalue weighted by atomic mass is 10.0. The van der Waals surface area contributed by atoms with Gasteiger partial charge in [0.25, 0.3) is 0 Å². The van der Waals surface area contributed by atoms with Crippen LogP contribution in [0.15, 0.2) is 97.1 Å². The van der Waals surface area contributed by atoms with E-state index in [0.717, 1.165) is 59.8 Å². The molecule has 0 spiro atoms. The van der Waals surface area contributed by atoms with Gasteiger partial charge in [-0.05, 0) is 59.4 Å². The van der Waals surface area contributed by atoms with Crippen molar-refractivity contribution in [1.82, 2.24) is 0 Å². The Kier molecular flexibility index (Phi) is 7.46. The highest BCUT2D eigenvalue weighted by Gasteiger charge is 2.45. The van der Waals surface area contributed by atoms with Gasteiger partial charge in [-0.3, -0.25) is 0 Å². The summed E-state index contributed by atoms with van der Waals surface area (Å²) in [6, 6.07) is 33.3. The Balaban J connectivity index is 1.05. The predicted molar refractivity (Wildman–Crippen MR) is 155 cm³/mol. The molecule has 0 N–H and O–H groups in total. The fourth-order valence-corrected chi connectivity index (χ4v) is 5.34. The van der Waals surface area contributed by atoms with Crippen molar-refractivity contribution >= 4 is 0 Å². The maximum atomic E-state index is 6.78. The van der Waals surface area contributed by atoms with Crippen molar-refractivity contribution < 1.29 is 28.4 Å². The van der Waals surface area contributed by atoms with Gasteiger partial charge in [0.2, 0.25) is 5.79 Å². The summed E-state index contributed by atoms with van der Waals surface area (Å²) in [5.74, 6) is 0.758. The molecule has 0 amide bonds. The van der Waals surface area contributed by atoms with E-state index >= 15 is 0 Å². The molecule has 6 nitrogen and oxygen atoms in total. The third kappa shape index (κ3) is 6.02. The molecule has 3 aliphatic rings. The first-order valence-corrected chi connectivity index (χ1v) is 14.4. The summed E-state index contributed by atoms with van der Waals surface area (Å²) in [7, 11) is 0. The number of hydrogen-bond acceptors (Lipinski definition) is 6. The fraction of sp³-hybridized carbons (Fsp3) is 0.314. The van der Waals surface area contributed by atoms with E-state index < -0.39 is 5.79 Å². The van der Waals surface area contributed by atoms with Crippen molar-refractivity contribution in [2.45, 2.75) is 30.8 Å². The second-order valence-corrected chi connectivity index (χ2v) is 10.7. The lowest BCUT2D eigenvalue weighted by Gasteiger charge is -2.32. The summed E-state index contributed by atoms with van der Waals surface area (Å²) >= 11 is 0. The summed E-state index contributed by atoms with van der Waals surface area (Å²) in [6.45, 7) is 3.82. The Labute approximate surface area is 240 Å². The molecule has 41 heavy (non-hydrogen) atoms. The summed E-state index contributed by atoms with van der Waals surface area (Å²) in [4.78, 5) is 0. The van der Waals surface area contributed by atoms with Crippen molar-refractivity contribution in [2.24, 2.45) is 0 Å². The number of fused-ring (bicyclic) bond motifs is 3. The van der Waals surface area contributed by atoms with Gasteiger partial charge < -0.3 is 28.4 Å². The smallest absolute Gasteiger partial charge is 0.223 e. The third-order valence-corrected chi connectivity index (χ3v) is 7.77. The molecular formula is C35H34O6. The van der Waals surface area contributed by atoms with E-state index in [9.17, 15) is 0 Å². The summed E-state index contributed by atoms with van der Waals surface area (Å²) in [5, 5.41) is 0. The van der Waals surface area contributed by atoms with Crippen LogP contribution in [-0.4, -0.2) is 51.8 Å². The van der Waals surface area contributed by atoms with Crippen LogP contribution >= 0.6 is 0 Å². The molecule has 0 saturated carbocycles. The zero-order valence-electron chi connectivity index (χ0n) is 23.0. The van der Waals surface area contributed by atoms with Crippen molar-refractivity contribution in [3.8, 4) is 22.6 Å². The molecule has 2 fully saturated rings. The zero-order chi connectivity index (χ0) is 27.5. The molecule has 2 unspecified atom stereocenters. The molecule has 1 aliphatic carbocycles. The Morgan fingerprint density at radius 1 is 0.561 bits per heavy atom. The van der Waals surface area contributed by atoms with Gasteiger partial charge in [0.15, 0.2) is 0 Å². The van der Waals surface area contributed by atoms with E-state index in [1.165, 1.54) is 11.1 Å². The number of ether oxygens (including phenoxy) is 6. The van der Waals surface area contributed by atoms with Crippen LogP contribution in [0.2, 0.25) is 0 Å². The van der Waals surface area contributed by atoms with Crippen molar-refractivity contribution in [3.05, 3.63) is 119 Å². The van der Waals surface area contributed by atoms with E-state index in [0.29, 0.717) is 26.4 Å². The van der Waals surface area contributed by atoms with Gasteiger partial charge in [-0.1, -0.05) is 72.8 Å². The molecule has 210 valence electrons. The predicted octanol–water partition coefficient (Wildman–Crippen LogP) is 5.94. The standard InChI is InChI=1S/C35H34O6/c1-3-7-33-31(5-1)32-6-2-4-8-34(32)35(33,40-19-17-25-9-13-27(14-10-25)36-21-29-23-38-29)41-20-18-26-11-15-28(16-12-26)37-22-30-24-39-30/h1-16,29-30H,17-24H2. The van der Waals surface area contributed by atoms with Crippen LogP contribution in [0, 0.1) is 0 Å². The minimum absolute atomic E-state index is 0.247. The highest BCUT2D eigenvalue weighted by Crippen LogP contribution is 2.50. The van der Waals surface area contributed by atoms with Gasteiger partial charge >= 0.3 is 0 Å². The molecule has 2 saturated heterocycles. The third-order valence-electron chi connectivity index (χ3n) is 7.77. The Morgan fingerprint density at radius 3 is 1.39 bits per heavy atom. The molecule has 2 atom stereocenters. The lowest BCUT2D eigenvalue weighted by molar-refractivity contribution is -0.214. The number of epoxide rings is 2. The number of benzene rings is 4. The highest BCUT2D eigenvalue weighted by atomic mass is 16.7. The molecule has 7 rings (SSSR count). The second-order valence-electron chi connectivity index (χ2n) is 10.7. The van der Waals surface area contributed by atoms with E-state index in [-0.39, 0.29) is 12.2 Å². The molecule has 2 heterocycles. The average molecular weight is 551 g/mol. The van der Waals surface area contributed by atoms with Gasteiger partial charge in [-0.2, -0.15) is 0 Å². The molecule has 6 heteroatoms.